The maximum absolute atomic E-state index is 3.78. The molecule has 3 heteroatoms. The molecule has 2 aromatic heterocycles. The molecule has 212 valence electrons. The Morgan fingerprint density at radius 3 is 1.76 bits per heavy atom. The van der Waals surface area contributed by atoms with Crippen LogP contribution in [0.1, 0.15) is 0 Å². The van der Waals surface area contributed by atoms with Gasteiger partial charge >= 0.3 is 0 Å². The summed E-state index contributed by atoms with van der Waals surface area (Å²) in [5.74, 6) is 0. The fraction of sp³-hybridized carbons (Fsp3) is 0. The van der Waals surface area contributed by atoms with Crippen LogP contribution in [0.4, 0.5) is 17.1 Å². The first-order valence-electron chi connectivity index (χ1n) is 15.4. The third kappa shape index (κ3) is 4.13. The zero-order valence-corrected chi connectivity index (χ0v) is 24.6. The van der Waals surface area contributed by atoms with Crippen molar-refractivity contribution in [3.63, 3.8) is 0 Å². The maximum atomic E-state index is 3.78. The molecule has 0 aliphatic carbocycles. The third-order valence-corrected chi connectivity index (χ3v) is 8.89. The molecule has 2 heterocycles. The number of hydrogen-bond acceptors (Lipinski definition) is 1. The molecule has 0 unspecified atom stereocenters. The van der Waals surface area contributed by atoms with Crippen molar-refractivity contribution in [1.29, 1.82) is 0 Å². The highest BCUT2D eigenvalue weighted by Crippen LogP contribution is 2.44. The minimum absolute atomic E-state index is 1.11. The molecule has 0 radical (unpaired) electrons. The summed E-state index contributed by atoms with van der Waals surface area (Å²) >= 11 is 0. The van der Waals surface area contributed by atoms with Crippen LogP contribution in [-0.4, -0.2) is 9.55 Å². The first-order chi connectivity index (χ1) is 22.3. The summed E-state index contributed by atoms with van der Waals surface area (Å²) < 4.78 is 2.39. The van der Waals surface area contributed by atoms with E-state index in [0.717, 1.165) is 33.8 Å². The van der Waals surface area contributed by atoms with E-state index in [0.29, 0.717) is 0 Å². The van der Waals surface area contributed by atoms with E-state index in [1.807, 2.05) is 0 Å². The molecule has 0 bridgehead atoms. The number of H-pyrrole nitrogens is 1. The van der Waals surface area contributed by atoms with Crippen molar-refractivity contribution < 1.29 is 0 Å². The van der Waals surface area contributed by atoms with Gasteiger partial charge in [-0.2, -0.15) is 0 Å². The largest absolute Gasteiger partial charge is 0.353 e. The van der Waals surface area contributed by atoms with Crippen LogP contribution in [0.5, 0.6) is 0 Å². The zero-order chi connectivity index (χ0) is 29.7. The lowest BCUT2D eigenvalue weighted by atomic mass is 9.99. The van der Waals surface area contributed by atoms with Gasteiger partial charge in [-0.1, -0.05) is 103 Å². The fourth-order valence-corrected chi connectivity index (χ4v) is 6.86. The van der Waals surface area contributed by atoms with Crippen molar-refractivity contribution in [2.45, 2.75) is 0 Å². The van der Waals surface area contributed by atoms with Crippen molar-refractivity contribution in [2.24, 2.45) is 0 Å². The Bertz CT molecular complexity index is 2430. The topological polar surface area (TPSA) is 24.0 Å². The van der Waals surface area contributed by atoms with Gasteiger partial charge < -0.3 is 14.5 Å². The number of para-hydroxylation sites is 5. The van der Waals surface area contributed by atoms with Crippen LogP contribution in [0.25, 0.3) is 60.4 Å². The van der Waals surface area contributed by atoms with Gasteiger partial charge in [-0.15, -0.1) is 0 Å². The number of nitrogens with one attached hydrogen (secondary N) is 1. The molecule has 0 aliphatic rings. The highest BCUT2D eigenvalue weighted by molar-refractivity contribution is 6.15. The van der Waals surface area contributed by atoms with Gasteiger partial charge in [0.15, 0.2) is 0 Å². The van der Waals surface area contributed by atoms with E-state index in [1.54, 1.807) is 0 Å². The molecule has 0 saturated carbocycles. The number of anilines is 3. The molecule has 0 saturated heterocycles. The number of rotatable bonds is 5. The van der Waals surface area contributed by atoms with Crippen molar-refractivity contribution in [3.8, 4) is 16.8 Å². The molecular formula is C42H29N3. The molecule has 0 amide bonds. The second kappa shape index (κ2) is 10.3. The Hall–Kier alpha value is -6.06. The van der Waals surface area contributed by atoms with Gasteiger partial charge in [0.25, 0.3) is 0 Å². The summed E-state index contributed by atoms with van der Waals surface area (Å²) in [6.45, 7) is 0. The molecule has 0 atom stereocenters. The SMILES string of the molecule is c1ccc(N(c2ccccc2)c2cc(-c3ccc4c5ccccc5n(-c5ccccc5)c4c3)cc3c2[nH]c2ccccc23)cc1. The van der Waals surface area contributed by atoms with Crippen molar-refractivity contribution in [3.05, 3.63) is 170 Å². The summed E-state index contributed by atoms with van der Waals surface area (Å²) in [5, 5.41) is 4.94. The number of aromatic amines is 1. The second-order valence-electron chi connectivity index (χ2n) is 11.5. The maximum Gasteiger partial charge on any atom is 0.0710 e. The van der Waals surface area contributed by atoms with E-state index in [1.165, 1.54) is 43.7 Å². The van der Waals surface area contributed by atoms with Crippen LogP contribution in [-0.2, 0) is 0 Å². The predicted octanol–water partition coefficient (Wildman–Crippen LogP) is 11.6. The van der Waals surface area contributed by atoms with Crippen LogP contribution >= 0.6 is 0 Å². The van der Waals surface area contributed by atoms with Crippen LogP contribution in [0.3, 0.4) is 0 Å². The van der Waals surface area contributed by atoms with Crippen LogP contribution in [0.15, 0.2) is 170 Å². The summed E-state index contributed by atoms with van der Waals surface area (Å²) in [6.07, 6.45) is 0. The Balaban J connectivity index is 1.35. The number of aromatic nitrogens is 2. The summed E-state index contributed by atoms with van der Waals surface area (Å²) in [4.78, 5) is 6.14. The molecule has 7 aromatic carbocycles. The molecule has 3 nitrogen and oxygen atoms in total. The van der Waals surface area contributed by atoms with Gasteiger partial charge in [0.2, 0.25) is 0 Å². The smallest absolute Gasteiger partial charge is 0.0710 e. The Morgan fingerprint density at radius 1 is 0.422 bits per heavy atom. The average Bonchev–Trinajstić information content (AvgIpc) is 3.65. The zero-order valence-electron chi connectivity index (χ0n) is 24.6. The second-order valence-corrected chi connectivity index (χ2v) is 11.5. The molecule has 1 N–H and O–H groups in total. The number of hydrogen-bond donors (Lipinski definition) is 1. The lowest BCUT2D eigenvalue weighted by Gasteiger charge is -2.26. The van der Waals surface area contributed by atoms with Gasteiger partial charge in [-0.05, 0) is 77.9 Å². The molecule has 0 spiro atoms. The van der Waals surface area contributed by atoms with E-state index < -0.39 is 0 Å². The first kappa shape index (κ1) is 25.4. The summed E-state index contributed by atoms with van der Waals surface area (Å²) in [7, 11) is 0. The van der Waals surface area contributed by atoms with Crippen molar-refractivity contribution >= 4 is 60.7 Å². The standard InChI is InChI=1S/C42H29N3/c1-4-14-31(15-5-1)44(32-16-6-2-7-17-32)41-28-30(26-37-34-20-10-12-22-38(34)43-42(37)41)29-24-25-36-35-21-11-13-23-39(35)45(40(36)27-29)33-18-8-3-9-19-33/h1-28,43H. The minimum Gasteiger partial charge on any atom is -0.353 e. The van der Waals surface area contributed by atoms with Gasteiger partial charge in [0, 0.05) is 44.1 Å². The lowest BCUT2D eigenvalue weighted by Crippen LogP contribution is -2.10. The minimum atomic E-state index is 1.11. The first-order valence-corrected chi connectivity index (χ1v) is 15.4. The Morgan fingerprint density at radius 2 is 1.02 bits per heavy atom. The molecular weight excluding hydrogens is 546 g/mol. The fourth-order valence-electron chi connectivity index (χ4n) is 6.86. The summed E-state index contributed by atoms with van der Waals surface area (Å²) in [5.41, 5.74) is 11.5. The highest BCUT2D eigenvalue weighted by Gasteiger charge is 2.20. The predicted molar refractivity (Wildman–Crippen MR) is 190 cm³/mol. The number of benzene rings is 7. The van der Waals surface area contributed by atoms with Gasteiger partial charge in [0.1, 0.15) is 0 Å². The monoisotopic (exact) mass is 575 g/mol. The Kier molecular flexibility index (Phi) is 5.82. The van der Waals surface area contributed by atoms with Crippen LogP contribution in [0, 0.1) is 0 Å². The molecule has 45 heavy (non-hydrogen) atoms. The van der Waals surface area contributed by atoms with E-state index in [-0.39, 0.29) is 0 Å². The van der Waals surface area contributed by atoms with E-state index >= 15 is 0 Å². The third-order valence-electron chi connectivity index (χ3n) is 8.89. The van der Waals surface area contributed by atoms with E-state index in [4.69, 9.17) is 0 Å². The average molecular weight is 576 g/mol. The van der Waals surface area contributed by atoms with Gasteiger partial charge in [-0.25, -0.2) is 0 Å². The van der Waals surface area contributed by atoms with Crippen molar-refractivity contribution in [2.75, 3.05) is 4.90 Å². The number of fused-ring (bicyclic) bond motifs is 6. The van der Waals surface area contributed by atoms with Gasteiger partial charge in [-0.3, -0.25) is 0 Å². The summed E-state index contributed by atoms with van der Waals surface area (Å²) in [6, 6.07) is 60.9. The quantitative estimate of drug-likeness (QED) is 0.217. The lowest BCUT2D eigenvalue weighted by molar-refractivity contribution is 1.18. The Labute approximate surface area is 261 Å². The van der Waals surface area contributed by atoms with Crippen molar-refractivity contribution in [1.82, 2.24) is 9.55 Å². The van der Waals surface area contributed by atoms with Crippen LogP contribution < -0.4 is 4.90 Å². The molecule has 0 aliphatic heterocycles. The highest BCUT2D eigenvalue weighted by atomic mass is 15.1. The van der Waals surface area contributed by atoms with Gasteiger partial charge in [0.05, 0.1) is 22.2 Å². The van der Waals surface area contributed by atoms with E-state index in [2.05, 4.69) is 184 Å². The molecule has 9 aromatic rings. The molecule has 9 rings (SSSR count). The molecule has 0 fully saturated rings. The number of nitrogens with zero attached hydrogens (tertiary/aromatic N) is 2. The normalized spacial score (nSPS) is 11.6. The van der Waals surface area contributed by atoms with E-state index in [9.17, 15) is 0 Å². The van der Waals surface area contributed by atoms with Crippen LogP contribution in [0.2, 0.25) is 0 Å².